The molecule has 2 aromatic heterocycles. The van der Waals surface area contributed by atoms with E-state index in [1.165, 1.54) is 12.1 Å². The Kier molecular flexibility index (Phi) is 7.36. The highest BCUT2D eigenvalue weighted by Gasteiger charge is 2.17. The number of alkyl halides is 1. The van der Waals surface area contributed by atoms with Crippen LogP contribution in [-0.2, 0) is 6.54 Å². The second-order valence-corrected chi connectivity index (χ2v) is 6.87. The van der Waals surface area contributed by atoms with Crippen molar-refractivity contribution in [3.63, 3.8) is 0 Å². The lowest BCUT2D eigenvalue weighted by Gasteiger charge is -2.15. The van der Waals surface area contributed by atoms with E-state index >= 15 is 0 Å². The predicted molar refractivity (Wildman–Crippen MR) is 123 cm³/mol. The third-order valence-electron chi connectivity index (χ3n) is 4.82. The molecule has 2 aromatic carbocycles. The first-order valence-corrected chi connectivity index (χ1v) is 9.67. The average molecular weight is 440 g/mol. The second kappa shape index (κ2) is 10.2. The third-order valence-corrected chi connectivity index (χ3v) is 4.82. The first-order chi connectivity index (χ1) is 14.7. The van der Waals surface area contributed by atoms with Crippen molar-refractivity contribution in [1.82, 2.24) is 19.5 Å². The molecule has 4 rings (SSSR count). The van der Waals surface area contributed by atoms with Gasteiger partial charge in [0, 0.05) is 11.8 Å². The van der Waals surface area contributed by atoms with Gasteiger partial charge >= 0.3 is 0 Å². The van der Waals surface area contributed by atoms with Crippen LogP contribution in [0.15, 0.2) is 73.2 Å². The number of aryl methyl sites for hydroxylation is 1. The fourth-order valence-corrected chi connectivity index (χ4v) is 3.31. The minimum atomic E-state index is -0.534. The molecule has 0 fully saturated rings. The molecule has 5 nitrogen and oxygen atoms in total. The van der Waals surface area contributed by atoms with Crippen molar-refractivity contribution in [2.45, 2.75) is 19.5 Å². The molecule has 0 spiro atoms. The van der Waals surface area contributed by atoms with Gasteiger partial charge in [0.2, 0.25) is 5.95 Å². The lowest BCUT2D eigenvalue weighted by atomic mass is 10.1. The van der Waals surface area contributed by atoms with Crippen molar-refractivity contribution in [2.75, 3.05) is 12.0 Å². The van der Waals surface area contributed by atoms with Gasteiger partial charge in [0.15, 0.2) is 0 Å². The Morgan fingerprint density at radius 3 is 2.45 bits per heavy atom. The first kappa shape index (κ1) is 22.4. The van der Waals surface area contributed by atoms with E-state index in [0.717, 1.165) is 11.1 Å². The normalized spacial score (nSPS) is 11.6. The first-order valence-electron chi connectivity index (χ1n) is 9.67. The lowest BCUT2D eigenvalue weighted by Crippen LogP contribution is -2.10. The van der Waals surface area contributed by atoms with E-state index in [0.29, 0.717) is 23.0 Å². The molecule has 0 radical (unpaired) electrons. The van der Waals surface area contributed by atoms with Crippen LogP contribution in [-0.4, -0.2) is 26.2 Å². The minimum Gasteiger partial charge on any atom is -0.348 e. The molecule has 8 heteroatoms. The van der Waals surface area contributed by atoms with Crippen LogP contribution < -0.4 is 5.32 Å². The average Bonchev–Trinajstić information content (AvgIpc) is 3.19. The van der Waals surface area contributed by atoms with Crippen LogP contribution in [0.1, 0.15) is 18.5 Å². The zero-order valence-corrected chi connectivity index (χ0v) is 18.0. The van der Waals surface area contributed by atoms with Gasteiger partial charge in [-0.1, -0.05) is 30.3 Å². The maximum atomic E-state index is 13.4. The fourth-order valence-electron chi connectivity index (χ4n) is 3.31. The molecule has 1 atom stereocenters. The zero-order valence-electron chi connectivity index (χ0n) is 17.0. The molecular weight excluding hydrogens is 416 g/mol. The van der Waals surface area contributed by atoms with Crippen LogP contribution >= 0.6 is 13.5 Å². The van der Waals surface area contributed by atoms with E-state index in [1.54, 1.807) is 35.3 Å². The molecule has 0 aliphatic rings. The zero-order chi connectivity index (χ0) is 20.9. The van der Waals surface area contributed by atoms with Crippen LogP contribution in [0.25, 0.3) is 22.6 Å². The van der Waals surface area contributed by atoms with Gasteiger partial charge in [0.25, 0.3) is 0 Å². The van der Waals surface area contributed by atoms with Crippen molar-refractivity contribution in [1.29, 1.82) is 0 Å². The Hall–Kier alpha value is -3.26. The third kappa shape index (κ3) is 5.08. The van der Waals surface area contributed by atoms with Crippen LogP contribution in [0, 0.1) is 5.82 Å². The molecule has 0 amide bonds. The molecule has 0 aliphatic heterocycles. The quantitative estimate of drug-likeness (QED) is 0.419. The summed E-state index contributed by atoms with van der Waals surface area (Å²) < 4.78 is 28.2. The molecule has 31 heavy (non-hydrogen) atoms. The van der Waals surface area contributed by atoms with Gasteiger partial charge in [-0.2, -0.15) is 13.5 Å². The Morgan fingerprint density at radius 2 is 1.74 bits per heavy atom. The molecule has 1 N–H and O–H groups in total. The summed E-state index contributed by atoms with van der Waals surface area (Å²) in [5, 5.41) is 3.30. The SMILES string of the molecule is C[C@H](Nc1nccc(-c2c(-c3ccc(F)cc3)ncn2CCF)n1)c1ccccc1.S. The second-order valence-electron chi connectivity index (χ2n) is 6.87. The van der Waals surface area contributed by atoms with Crippen LogP contribution in [0.4, 0.5) is 14.7 Å². The van der Waals surface area contributed by atoms with Gasteiger partial charge in [-0.3, -0.25) is 0 Å². The summed E-state index contributed by atoms with van der Waals surface area (Å²) in [4.78, 5) is 13.4. The van der Waals surface area contributed by atoms with Gasteiger partial charge in [0.05, 0.1) is 36.0 Å². The summed E-state index contributed by atoms with van der Waals surface area (Å²) in [7, 11) is 0. The highest BCUT2D eigenvalue weighted by Crippen LogP contribution is 2.31. The lowest BCUT2D eigenvalue weighted by molar-refractivity contribution is 0.447. The Balaban J connectivity index is 0.00000272. The summed E-state index contributed by atoms with van der Waals surface area (Å²) in [5.41, 5.74) is 3.73. The van der Waals surface area contributed by atoms with E-state index in [2.05, 4.69) is 20.3 Å². The summed E-state index contributed by atoms with van der Waals surface area (Å²) in [6.07, 6.45) is 3.24. The van der Waals surface area contributed by atoms with Gasteiger partial charge in [0.1, 0.15) is 12.5 Å². The minimum absolute atomic E-state index is 0. The van der Waals surface area contributed by atoms with E-state index < -0.39 is 6.67 Å². The number of benzene rings is 2. The van der Waals surface area contributed by atoms with Crippen molar-refractivity contribution in [3.05, 3.63) is 84.6 Å². The Morgan fingerprint density at radius 1 is 1.00 bits per heavy atom. The number of imidazole rings is 1. The molecule has 4 aromatic rings. The highest BCUT2D eigenvalue weighted by atomic mass is 32.1. The smallest absolute Gasteiger partial charge is 0.223 e. The monoisotopic (exact) mass is 439 g/mol. The maximum absolute atomic E-state index is 13.4. The van der Waals surface area contributed by atoms with Gasteiger partial charge < -0.3 is 9.88 Å². The van der Waals surface area contributed by atoms with E-state index in [1.807, 2.05) is 37.3 Å². The number of nitrogens with one attached hydrogen (secondary N) is 1. The van der Waals surface area contributed by atoms with Crippen molar-refractivity contribution in [3.8, 4) is 22.6 Å². The molecule has 0 aliphatic carbocycles. The summed E-state index contributed by atoms with van der Waals surface area (Å²) in [6, 6.07) is 17.8. The number of halogens is 2. The van der Waals surface area contributed by atoms with Crippen LogP contribution in [0.3, 0.4) is 0 Å². The number of nitrogens with zero attached hydrogens (tertiary/aromatic N) is 4. The summed E-state index contributed by atoms with van der Waals surface area (Å²) >= 11 is 0. The molecule has 0 unspecified atom stereocenters. The molecule has 2 heterocycles. The standard InChI is InChI=1S/C23H21F2N5.H2S/c1-16(17-5-3-2-4-6-17)28-23-26-13-11-20(29-23)22-21(27-15-30(22)14-12-24)18-7-9-19(25)10-8-18;/h2-11,13,15-16H,12,14H2,1H3,(H,26,28,29);1H2/t16-;/m0./s1. The van der Waals surface area contributed by atoms with E-state index in [-0.39, 0.29) is 31.9 Å². The Bertz CT molecular complexity index is 1120. The molecular formula is C23H23F2N5S. The molecule has 0 saturated heterocycles. The highest BCUT2D eigenvalue weighted by molar-refractivity contribution is 7.59. The summed E-state index contributed by atoms with van der Waals surface area (Å²) in [5.74, 6) is 0.133. The predicted octanol–water partition coefficient (Wildman–Crippen LogP) is 5.40. The van der Waals surface area contributed by atoms with E-state index in [9.17, 15) is 8.78 Å². The number of aromatic nitrogens is 4. The van der Waals surface area contributed by atoms with Crippen molar-refractivity contribution in [2.24, 2.45) is 0 Å². The van der Waals surface area contributed by atoms with Gasteiger partial charge in [-0.05, 0) is 42.8 Å². The number of rotatable bonds is 7. The van der Waals surface area contributed by atoms with E-state index in [4.69, 9.17) is 0 Å². The summed E-state index contributed by atoms with van der Waals surface area (Å²) in [6.45, 7) is 1.65. The maximum Gasteiger partial charge on any atom is 0.223 e. The fraction of sp³-hybridized carbons (Fsp3) is 0.174. The largest absolute Gasteiger partial charge is 0.348 e. The van der Waals surface area contributed by atoms with Crippen LogP contribution in [0.2, 0.25) is 0 Å². The number of hydrogen-bond acceptors (Lipinski definition) is 4. The van der Waals surface area contributed by atoms with Gasteiger partial charge in [-0.25, -0.2) is 23.7 Å². The van der Waals surface area contributed by atoms with Crippen molar-refractivity contribution < 1.29 is 8.78 Å². The molecule has 0 saturated carbocycles. The molecule has 160 valence electrons. The van der Waals surface area contributed by atoms with Gasteiger partial charge in [-0.15, -0.1) is 0 Å². The number of anilines is 1. The number of hydrogen-bond donors (Lipinski definition) is 1. The van der Waals surface area contributed by atoms with Crippen LogP contribution in [0.5, 0.6) is 0 Å². The van der Waals surface area contributed by atoms with Crippen molar-refractivity contribution >= 4 is 19.4 Å². The topological polar surface area (TPSA) is 55.6 Å². The Labute approximate surface area is 186 Å². The molecule has 0 bridgehead atoms.